The van der Waals surface area contributed by atoms with Crippen molar-refractivity contribution in [3.8, 4) is 39.5 Å². The van der Waals surface area contributed by atoms with Gasteiger partial charge in [-0.05, 0) is 37.5 Å². The average molecular weight is 742 g/mol. The third kappa shape index (κ3) is 7.64. The van der Waals surface area contributed by atoms with E-state index in [0.29, 0.717) is 46.8 Å². The Morgan fingerprint density at radius 3 is 2.56 bits per heavy atom. The lowest BCUT2D eigenvalue weighted by Crippen LogP contribution is -2.43. The molecule has 13 heteroatoms. The lowest BCUT2D eigenvalue weighted by molar-refractivity contribution is -0.120. The predicted octanol–water partition coefficient (Wildman–Crippen LogP) is 6.15. The minimum absolute atomic E-state index is 0.0301. The number of benzene rings is 1. The van der Waals surface area contributed by atoms with Crippen molar-refractivity contribution < 1.29 is 14.3 Å². The Bertz CT molecular complexity index is 2130. The van der Waals surface area contributed by atoms with E-state index in [1.165, 1.54) is 0 Å². The highest BCUT2D eigenvalue weighted by atomic mass is 35.5. The number of piperidine rings is 1. The van der Waals surface area contributed by atoms with Gasteiger partial charge in [-0.2, -0.15) is 0 Å². The van der Waals surface area contributed by atoms with E-state index in [-0.39, 0.29) is 23.9 Å². The lowest BCUT2D eigenvalue weighted by Gasteiger charge is -2.31. The maximum absolute atomic E-state index is 11.5. The van der Waals surface area contributed by atoms with Crippen molar-refractivity contribution in [3.63, 3.8) is 0 Å². The first-order valence-corrected chi connectivity index (χ1v) is 18.4. The van der Waals surface area contributed by atoms with E-state index in [2.05, 4.69) is 42.7 Å². The zero-order chi connectivity index (χ0) is 36.4. The van der Waals surface area contributed by atoms with Gasteiger partial charge < -0.3 is 25.3 Å². The molecule has 11 nitrogen and oxygen atoms in total. The number of hydrogen-bond acceptors (Lipinski definition) is 8. The van der Waals surface area contributed by atoms with Crippen molar-refractivity contribution in [3.05, 3.63) is 82.2 Å². The van der Waals surface area contributed by atoms with Gasteiger partial charge >= 0.3 is 0 Å². The number of ether oxygens (including phenoxy) is 1. The van der Waals surface area contributed by atoms with Gasteiger partial charge in [-0.25, -0.2) is 4.98 Å². The Kier molecular flexibility index (Phi) is 10.7. The first-order chi connectivity index (χ1) is 25.2. The molecule has 2 aliphatic heterocycles. The van der Waals surface area contributed by atoms with Crippen LogP contribution in [0.5, 0.6) is 5.88 Å². The number of nitrogens with one attached hydrogen (secondary N) is 3. The van der Waals surface area contributed by atoms with Crippen LogP contribution in [0.4, 0.5) is 0 Å². The summed E-state index contributed by atoms with van der Waals surface area (Å²) in [7, 11) is 3.63. The highest BCUT2D eigenvalue weighted by Gasteiger charge is 2.23. The molecule has 6 heterocycles. The number of amides is 2. The first-order valence-electron chi connectivity index (χ1n) is 17.6. The van der Waals surface area contributed by atoms with E-state index in [1.807, 2.05) is 49.6 Å². The second-order valence-electron chi connectivity index (χ2n) is 13.6. The van der Waals surface area contributed by atoms with Crippen molar-refractivity contribution in [2.45, 2.75) is 57.8 Å². The SMILES string of the molecule is COc1nc(-c2cccc(-c3ccnc(-c4cnc5c(CN6CCC(NC(C)=O)CC6)cn(C)c5c4)c3Cl)c2Cl)ccc1CNCC1CCC(=O)N1. The maximum Gasteiger partial charge on any atom is 0.220 e. The summed E-state index contributed by atoms with van der Waals surface area (Å²) in [5.41, 5.74) is 8.37. The Balaban J connectivity index is 1.10. The number of fused-ring (bicyclic) bond motifs is 1. The van der Waals surface area contributed by atoms with Crippen LogP contribution in [0.3, 0.4) is 0 Å². The molecule has 3 N–H and O–H groups in total. The molecule has 7 rings (SSSR count). The van der Waals surface area contributed by atoms with Crippen LogP contribution in [-0.2, 0) is 29.7 Å². The molecule has 0 saturated carbocycles. The van der Waals surface area contributed by atoms with Crippen LogP contribution in [0.15, 0.2) is 61.1 Å². The lowest BCUT2D eigenvalue weighted by atomic mass is 9.99. The first kappa shape index (κ1) is 35.8. The fraction of sp³-hybridized carbons (Fsp3) is 0.359. The molecule has 1 aromatic carbocycles. The quantitative estimate of drug-likeness (QED) is 0.147. The van der Waals surface area contributed by atoms with Crippen LogP contribution in [0.25, 0.3) is 44.7 Å². The summed E-state index contributed by atoms with van der Waals surface area (Å²) >= 11 is 14.3. The van der Waals surface area contributed by atoms with Crippen LogP contribution < -0.4 is 20.7 Å². The van der Waals surface area contributed by atoms with Crippen molar-refractivity contribution in [2.24, 2.45) is 7.05 Å². The van der Waals surface area contributed by atoms with Gasteiger partial charge in [0.05, 0.1) is 39.6 Å². The number of rotatable bonds is 11. The monoisotopic (exact) mass is 740 g/mol. The summed E-state index contributed by atoms with van der Waals surface area (Å²) in [6, 6.07) is 14.1. The standard InChI is InChI=1S/C39H42Cl2N8O3/c1-23(50)45-27-12-15-49(16-13-27)22-26-21-48(2)33-17-25(19-44-37(26)33)38-36(41)30(11-14-43-38)29-5-4-6-31(35(29)40)32-9-7-24(39(47-32)52-3)18-42-20-28-8-10-34(51)46-28/h4-7,9,11,14,17,19,21,27-28,42H,8,10,12-13,15-16,18,20,22H2,1-3H3,(H,45,50)(H,46,51). The molecule has 270 valence electrons. The molecule has 0 bridgehead atoms. The molecule has 2 amide bonds. The number of halogens is 2. The molecule has 1 unspecified atom stereocenters. The highest BCUT2D eigenvalue weighted by molar-refractivity contribution is 6.39. The summed E-state index contributed by atoms with van der Waals surface area (Å²) in [6.07, 6.45) is 9.00. The second kappa shape index (κ2) is 15.6. The Hall–Kier alpha value is -4.55. The van der Waals surface area contributed by atoms with Crippen LogP contribution >= 0.6 is 23.2 Å². The van der Waals surface area contributed by atoms with Gasteiger partial charge in [0.1, 0.15) is 0 Å². The molecule has 0 spiro atoms. The van der Waals surface area contributed by atoms with Gasteiger partial charge in [-0.3, -0.25) is 24.5 Å². The fourth-order valence-electron chi connectivity index (χ4n) is 7.28. The van der Waals surface area contributed by atoms with Crippen LogP contribution in [-0.4, -0.2) is 75.1 Å². The minimum atomic E-state index is 0.0301. The van der Waals surface area contributed by atoms with Crippen molar-refractivity contribution in [1.29, 1.82) is 0 Å². The number of carbonyl (C=O) groups is 2. The number of aromatic nitrogens is 4. The minimum Gasteiger partial charge on any atom is -0.481 e. The summed E-state index contributed by atoms with van der Waals surface area (Å²) in [5.74, 6) is 0.634. The number of aryl methyl sites for hydroxylation is 1. The van der Waals surface area contributed by atoms with E-state index < -0.39 is 0 Å². The van der Waals surface area contributed by atoms with Crippen LogP contribution in [0.1, 0.15) is 43.7 Å². The predicted molar refractivity (Wildman–Crippen MR) is 204 cm³/mol. The number of nitrogens with zero attached hydrogens (tertiary/aromatic N) is 5. The van der Waals surface area contributed by atoms with Crippen LogP contribution in [0, 0.1) is 0 Å². The van der Waals surface area contributed by atoms with Gasteiger partial charge in [0.25, 0.3) is 0 Å². The third-order valence-electron chi connectivity index (χ3n) is 9.94. The molecular weight excluding hydrogens is 699 g/mol. The summed E-state index contributed by atoms with van der Waals surface area (Å²) < 4.78 is 7.76. The van der Waals surface area contributed by atoms with Crippen molar-refractivity contribution >= 4 is 46.0 Å². The number of hydrogen-bond donors (Lipinski definition) is 3. The molecule has 2 aliphatic rings. The van der Waals surface area contributed by atoms with E-state index in [4.69, 9.17) is 37.9 Å². The smallest absolute Gasteiger partial charge is 0.220 e. The Morgan fingerprint density at radius 2 is 1.81 bits per heavy atom. The normalized spacial score (nSPS) is 16.7. The molecule has 4 aromatic heterocycles. The number of carbonyl (C=O) groups excluding carboxylic acids is 2. The van der Waals surface area contributed by atoms with Gasteiger partial charge in [0.2, 0.25) is 17.7 Å². The van der Waals surface area contributed by atoms with Gasteiger partial charge in [0, 0.05) is 117 Å². The molecule has 0 aliphatic carbocycles. The number of methoxy groups -OCH3 is 1. The Morgan fingerprint density at radius 1 is 1.02 bits per heavy atom. The molecule has 0 radical (unpaired) electrons. The number of pyridine rings is 3. The summed E-state index contributed by atoms with van der Waals surface area (Å²) in [5, 5.41) is 10.4. The molecule has 52 heavy (non-hydrogen) atoms. The van der Waals surface area contributed by atoms with E-state index in [1.54, 1.807) is 20.2 Å². The molecule has 5 aromatic rings. The van der Waals surface area contributed by atoms with Crippen molar-refractivity contribution in [1.82, 2.24) is 40.4 Å². The molecular formula is C39H42Cl2N8O3. The third-order valence-corrected chi connectivity index (χ3v) is 10.7. The molecule has 2 fully saturated rings. The van der Waals surface area contributed by atoms with Crippen molar-refractivity contribution in [2.75, 3.05) is 26.7 Å². The highest BCUT2D eigenvalue weighted by Crippen LogP contribution is 2.42. The largest absolute Gasteiger partial charge is 0.481 e. The second-order valence-corrected chi connectivity index (χ2v) is 14.4. The fourth-order valence-corrected chi connectivity index (χ4v) is 7.92. The average Bonchev–Trinajstić information content (AvgIpc) is 3.70. The van der Waals surface area contributed by atoms with Gasteiger partial charge in [-0.15, -0.1) is 0 Å². The van der Waals surface area contributed by atoms with E-state index in [0.717, 1.165) is 83.3 Å². The zero-order valence-electron chi connectivity index (χ0n) is 29.5. The zero-order valence-corrected chi connectivity index (χ0v) is 31.0. The Labute approximate surface area is 313 Å². The van der Waals surface area contributed by atoms with E-state index >= 15 is 0 Å². The number of likely N-dealkylation sites (tertiary alicyclic amines) is 1. The van der Waals surface area contributed by atoms with E-state index in [9.17, 15) is 9.59 Å². The molecule has 2 saturated heterocycles. The van der Waals surface area contributed by atoms with Gasteiger partial charge in [0.15, 0.2) is 0 Å². The van der Waals surface area contributed by atoms with Crippen LogP contribution in [0.2, 0.25) is 10.0 Å². The van der Waals surface area contributed by atoms with Gasteiger partial charge in [-0.1, -0.05) is 47.5 Å². The molecule has 1 atom stereocenters. The topological polar surface area (TPSA) is 126 Å². The maximum atomic E-state index is 11.5. The summed E-state index contributed by atoms with van der Waals surface area (Å²) in [4.78, 5) is 39.8. The summed E-state index contributed by atoms with van der Waals surface area (Å²) in [6.45, 7) is 5.44.